The van der Waals surface area contributed by atoms with E-state index in [2.05, 4.69) is 7.45 Å². The fourth-order valence-electron chi connectivity index (χ4n) is 0.0921. The third kappa shape index (κ3) is 6.36. The van der Waals surface area contributed by atoms with E-state index in [0.717, 1.165) is 23.0 Å². The SMILES string of the molecule is O=S(=O)(O)ON(O)OI. The highest BCUT2D eigenvalue weighted by Gasteiger charge is 2.11. The van der Waals surface area contributed by atoms with Crippen molar-refractivity contribution in [2.75, 3.05) is 0 Å². The second-order valence-corrected chi connectivity index (χ2v) is 2.21. The van der Waals surface area contributed by atoms with E-state index in [1.807, 2.05) is 0 Å². The first-order chi connectivity index (χ1) is 3.95. The first-order valence-corrected chi connectivity index (χ1v) is 3.65. The van der Waals surface area contributed by atoms with Gasteiger partial charge in [0.2, 0.25) is 0 Å². The van der Waals surface area contributed by atoms with Crippen LogP contribution in [0, 0.1) is 0 Å². The molecule has 7 nitrogen and oxygen atoms in total. The van der Waals surface area contributed by atoms with Gasteiger partial charge in [0.1, 0.15) is 28.4 Å². The Morgan fingerprint density at radius 1 is 1.56 bits per heavy atom. The Balaban J connectivity index is 3.75. The first kappa shape index (κ1) is 9.48. The van der Waals surface area contributed by atoms with Crippen molar-refractivity contribution in [3.05, 3.63) is 0 Å². The van der Waals surface area contributed by atoms with Crippen LogP contribution in [0.3, 0.4) is 0 Å². The maximum atomic E-state index is 9.65. The molecular formula is H2INO6S. The van der Waals surface area contributed by atoms with Gasteiger partial charge >= 0.3 is 10.4 Å². The predicted octanol–water partition coefficient (Wildman–Crippen LogP) is -0.306. The van der Waals surface area contributed by atoms with Crippen LogP contribution in [0.1, 0.15) is 0 Å². The van der Waals surface area contributed by atoms with E-state index in [9.17, 15) is 8.42 Å². The standard InChI is InChI=1S/H2INO6S/c1-7-2(3)8-9(4,5)6/h3H,(H,4,5,6). The van der Waals surface area contributed by atoms with Gasteiger partial charge < -0.3 is 0 Å². The molecule has 0 aromatic carbocycles. The summed E-state index contributed by atoms with van der Waals surface area (Å²) in [7, 11) is -4.69. The molecule has 0 aliphatic heterocycles. The second kappa shape index (κ2) is 3.60. The van der Waals surface area contributed by atoms with Gasteiger partial charge in [-0.3, -0.25) is 9.76 Å². The van der Waals surface area contributed by atoms with Crippen LogP contribution in [-0.4, -0.2) is 23.6 Å². The van der Waals surface area contributed by atoms with Crippen LogP contribution in [0.5, 0.6) is 0 Å². The highest BCUT2D eigenvalue weighted by Crippen LogP contribution is 1.96. The molecule has 0 amide bonds. The van der Waals surface area contributed by atoms with Crippen LogP contribution in [0.4, 0.5) is 0 Å². The highest BCUT2D eigenvalue weighted by molar-refractivity contribution is 14.1. The zero-order valence-electron chi connectivity index (χ0n) is 3.76. The fraction of sp³-hybridized carbons (Fsp3) is 0. The fourth-order valence-corrected chi connectivity index (χ4v) is 0.473. The van der Waals surface area contributed by atoms with Crippen molar-refractivity contribution in [2.45, 2.75) is 0 Å². The molecule has 0 saturated heterocycles. The molecule has 56 valence electrons. The maximum absolute atomic E-state index is 9.65. The van der Waals surface area contributed by atoms with E-state index >= 15 is 0 Å². The van der Waals surface area contributed by atoms with Gasteiger partial charge in [-0.05, 0) is 0 Å². The predicted molar refractivity (Wildman–Crippen MR) is 31.4 cm³/mol. The van der Waals surface area contributed by atoms with Gasteiger partial charge in [0.05, 0.1) is 0 Å². The molecule has 0 heterocycles. The average Bonchev–Trinajstić information content (AvgIpc) is 1.62. The van der Waals surface area contributed by atoms with Gasteiger partial charge in [0, 0.05) is 0 Å². The van der Waals surface area contributed by atoms with Crippen LogP contribution < -0.4 is 0 Å². The van der Waals surface area contributed by atoms with Gasteiger partial charge in [-0.25, -0.2) is 0 Å². The largest absolute Gasteiger partial charge is 0.417 e. The minimum absolute atomic E-state index is 0.518. The van der Waals surface area contributed by atoms with E-state index in [-0.39, 0.29) is 0 Å². The molecule has 0 saturated carbocycles. The number of nitrogens with zero attached hydrogens (tertiary/aromatic N) is 1. The van der Waals surface area contributed by atoms with E-state index in [1.165, 1.54) is 0 Å². The molecule has 0 aliphatic rings. The number of hydrogen-bond donors (Lipinski definition) is 2. The topological polar surface area (TPSA) is 96.3 Å². The molecule has 2 N–H and O–H groups in total. The summed E-state index contributed by atoms with van der Waals surface area (Å²) in [5.41, 5.74) is 0. The Hall–Kier alpha value is 0.480. The van der Waals surface area contributed by atoms with Crippen LogP contribution in [0.2, 0.25) is 0 Å². The molecule has 0 rings (SSSR count). The van der Waals surface area contributed by atoms with Crippen molar-refractivity contribution < 1.29 is 25.6 Å². The summed E-state index contributed by atoms with van der Waals surface area (Å²) in [4.78, 5) is 0. The van der Waals surface area contributed by atoms with Gasteiger partial charge in [0.25, 0.3) is 0 Å². The van der Waals surface area contributed by atoms with Crippen molar-refractivity contribution in [3.8, 4) is 0 Å². The van der Waals surface area contributed by atoms with Crippen LogP contribution in [0.25, 0.3) is 0 Å². The monoisotopic (exact) mass is 271 g/mol. The van der Waals surface area contributed by atoms with E-state index in [1.54, 1.807) is 0 Å². The molecule has 0 unspecified atom stereocenters. The lowest BCUT2D eigenvalue weighted by atomic mass is 13.0. The third-order valence-corrected chi connectivity index (χ3v) is 0.870. The Morgan fingerprint density at radius 2 is 2.00 bits per heavy atom. The smallest absolute Gasteiger partial charge is 0.264 e. The Bertz CT molecular complexity index is 160. The van der Waals surface area contributed by atoms with E-state index in [0.29, 0.717) is 0 Å². The molecule has 0 aromatic rings. The normalized spacial score (nSPS) is 12.4. The van der Waals surface area contributed by atoms with E-state index < -0.39 is 15.8 Å². The summed E-state index contributed by atoms with van der Waals surface area (Å²) in [5.74, 6) is 0. The van der Waals surface area contributed by atoms with Gasteiger partial charge in [0.15, 0.2) is 0 Å². The molecule has 0 atom stereocenters. The molecule has 0 bridgehead atoms. The van der Waals surface area contributed by atoms with E-state index in [4.69, 9.17) is 9.76 Å². The van der Waals surface area contributed by atoms with Crippen molar-refractivity contribution in [3.63, 3.8) is 0 Å². The molecular weight excluding hydrogens is 269 g/mol. The first-order valence-electron chi connectivity index (χ1n) is 1.40. The van der Waals surface area contributed by atoms with Gasteiger partial charge in [-0.15, -0.1) is 4.28 Å². The molecule has 0 aliphatic carbocycles. The lowest BCUT2D eigenvalue weighted by Gasteiger charge is -2.03. The quantitative estimate of drug-likeness (QED) is 0.413. The molecule has 0 aromatic heterocycles. The second-order valence-electron chi connectivity index (χ2n) is 0.809. The number of rotatable bonds is 3. The summed E-state index contributed by atoms with van der Waals surface area (Å²) in [5, 5.41) is 7.52. The zero-order valence-corrected chi connectivity index (χ0v) is 6.73. The third-order valence-electron chi connectivity index (χ3n) is 0.217. The minimum Gasteiger partial charge on any atom is -0.264 e. The number of halogens is 1. The van der Waals surface area contributed by atoms with Gasteiger partial charge in [-0.2, -0.15) is 11.6 Å². The minimum atomic E-state index is -4.69. The summed E-state index contributed by atoms with van der Waals surface area (Å²) in [6.07, 6.45) is 0. The highest BCUT2D eigenvalue weighted by atomic mass is 127. The summed E-state index contributed by atoms with van der Waals surface area (Å²) in [6, 6.07) is 0. The zero-order chi connectivity index (χ0) is 7.49. The molecule has 0 radical (unpaired) electrons. The summed E-state index contributed by atoms with van der Waals surface area (Å²) < 4.78 is 34.1. The molecule has 9 heavy (non-hydrogen) atoms. The molecule has 0 fully saturated rings. The maximum Gasteiger partial charge on any atom is 0.417 e. The van der Waals surface area contributed by atoms with Crippen molar-refractivity contribution in [2.24, 2.45) is 0 Å². The Labute approximate surface area is 64.7 Å². The number of hydrogen-bond acceptors (Lipinski definition) is 6. The summed E-state index contributed by atoms with van der Waals surface area (Å²) >= 11 is 1.13. The van der Waals surface area contributed by atoms with Crippen LogP contribution >= 0.6 is 23.0 Å². The van der Waals surface area contributed by atoms with Gasteiger partial charge in [-0.1, -0.05) is 0 Å². The van der Waals surface area contributed by atoms with Crippen molar-refractivity contribution >= 4 is 33.4 Å². The van der Waals surface area contributed by atoms with Crippen LogP contribution in [-0.2, 0) is 17.8 Å². The van der Waals surface area contributed by atoms with Crippen molar-refractivity contribution in [1.29, 1.82) is 0 Å². The molecule has 0 spiro atoms. The Morgan fingerprint density at radius 3 is 2.11 bits per heavy atom. The Kier molecular flexibility index (Phi) is 3.79. The average molecular weight is 271 g/mol. The van der Waals surface area contributed by atoms with Crippen LogP contribution in [0.15, 0.2) is 0 Å². The lowest BCUT2D eigenvalue weighted by Crippen LogP contribution is -2.20. The molecule has 9 heteroatoms. The van der Waals surface area contributed by atoms with Crippen molar-refractivity contribution in [1.82, 2.24) is 5.39 Å². The summed E-state index contributed by atoms with van der Waals surface area (Å²) in [6.45, 7) is 0. The lowest BCUT2D eigenvalue weighted by molar-refractivity contribution is -0.414.